The molecule has 0 saturated carbocycles. The maximum Gasteiger partial charge on any atom is 0.338 e. The monoisotopic (exact) mass is 266 g/mol. The number of likely N-dealkylation sites (tertiary alicyclic amines) is 1. The molecule has 0 aliphatic carbocycles. The van der Waals surface area contributed by atoms with Crippen LogP contribution in [0.3, 0.4) is 0 Å². The smallest absolute Gasteiger partial charge is 0.338 e. The third-order valence-electron chi connectivity index (χ3n) is 3.18. The molecule has 1 atom stereocenters. The van der Waals surface area contributed by atoms with Gasteiger partial charge in [-0.15, -0.1) is 0 Å². The number of rotatable bonds is 5. The lowest BCUT2D eigenvalue weighted by atomic mass is 10.2. The van der Waals surface area contributed by atoms with Crippen molar-refractivity contribution in [2.24, 2.45) is 0 Å². The van der Waals surface area contributed by atoms with E-state index in [4.69, 9.17) is 9.52 Å². The van der Waals surface area contributed by atoms with Gasteiger partial charge >= 0.3 is 5.97 Å². The second kappa shape index (κ2) is 5.88. The Balaban J connectivity index is 1.86. The van der Waals surface area contributed by atoms with Crippen molar-refractivity contribution < 1.29 is 19.1 Å². The zero-order valence-corrected chi connectivity index (χ0v) is 10.9. The van der Waals surface area contributed by atoms with Gasteiger partial charge in [-0.05, 0) is 32.9 Å². The van der Waals surface area contributed by atoms with Crippen LogP contribution in [0.25, 0.3) is 0 Å². The lowest BCUT2D eigenvalue weighted by molar-refractivity contribution is 0.0695. The van der Waals surface area contributed by atoms with Gasteiger partial charge in [0.15, 0.2) is 5.76 Å². The number of hydrogen-bond donors (Lipinski definition) is 2. The van der Waals surface area contributed by atoms with E-state index >= 15 is 0 Å². The maximum absolute atomic E-state index is 11.8. The zero-order valence-electron chi connectivity index (χ0n) is 10.9. The predicted molar refractivity (Wildman–Crippen MR) is 68.3 cm³/mol. The third-order valence-corrected chi connectivity index (χ3v) is 3.18. The molecule has 6 heteroatoms. The summed E-state index contributed by atoms with van der Waals surface area (Å²) in [6.07, 6.45) is 3.49. The lowest BCUT2D eigenvalue weighted by Gasteiger charge is -2.20. The van der Waals surface area contributed by atoms with Gasteiger partial charge in [0.2, 0.25) is 0 Å². The average molecular weight is 266 g/mol. The van der Waals surface area contributed by atoms with Gasteiger partial charge in [-0.25, -0.2) is 4.79 Å². The quantitative estimate of drug-likeness (QED) is 0.836. The number of carbonyl (C=O) groups excluding carboxylic acids is 1. The molecule has 1 aromatic rings. The van der Waals surface area contributed by atoms with Gasteiger partial charge in [0.1, 0.15) is 6.26 Å². The second-order valence-electron chi connectivity index (χ2n) is 4.89. The van der Waals surface area contributed by atoms with Crippen LogP contribution in [0.1, 0.15) is 40.7 Å². The van der Waals surface area contributed by atoms with Gasteiger partial charge in [0.25, 0.3) is 5.91 Å². The Kier molecular flexibility index (Phi) is 4.21. The molecule has 0 bridgehead atoms. The maximum atomic E-state index is 11.8. The van der Waals surface area contributed by atoms with E-state index in [1.165, 1.54) is 18.9 Å². The van der Waals surface area contributed by atoms with E-state index in [0.29, 0.717) is 0 Å². The minimum Gasteiger partial charge on any atom is -0.478 e. The highest BCUT2D eigenvalue weighted by molar-refractivity contribution is 5.95. The average Bonchev–Trinajstić information content (AvgIpc) is 2.98. The summed E-state index contributed by atoms with van der Waals surface area (Å²) in [6, 6.07) is 1.24. The molecule has 1 fully saturated rings. The number of amides is 1. The van der Waals surface area contributed by atoms with E-state index in [1.807, 2.05) is 6.92 Å². The van der Waals surface area contributed by atoms with Crippen LogP contribution in [-0.4, -0.2) is 47.6 Å². The second-order valence-corrected chi connectivity index (χ2v) is 4.89. The largest absolute Gasteiger partial charge is 0.478 e. The SMILES string of the molecule is CC(CN1CCCC1)NC(=O)c1cc(C(=O)O)co1. The number of nitrogens with zero attached hydrogens (tertiary/aromatic N) is 1. The van der Waals surface area contributed by atoms with Crippen molar-refractivity contribution in [3.05, 3.63) is 23.7 Å². The van der Waals surface area contributed by atoms with Crippen LogP contribution in [0.5, 0.6) is 0 Å². The molecule has 1 saturated heterocycles. The third kappa shape index (κ3) is 3.57. The first kappa shape index (κ1) is 13.6. The minimum absolute atomic E-state index is 0.00368. The summed E-state index contributed by atoms with van der Waals surface area (Å²) >= 11 is 0. The molecular formula is C13H18N2O4. The van der Waals surface area contributed by atoms with Crippen LogP contribution in [0.2, 0.25) is 0 Å². The van der Waals surface area contributed by atoms with Gasteiger partial charge in [-0.2, -0.15) is 0 Å². The van der Waals surface area contributed by atoms with Crippen molar-refractivity contribution >= 4 is 11.9 Å². The van der Waals surface area contributed by atoms with E-state index in [0.717, 1.165) is 25.9 Å². The summed E-state index contributed by atoms with van der Waals surface area (Å²) in [5.41, 5.74) is -0.0163. The Hall–Kier alpha value is -1.82. The van der Waals surface area contributed by atoms with Crippen molar-refractivity contribution in [2.45, 2.75) is 25.8 Å². The fourth-order valence-electron chi connectivity index (χ4n) is 2.26. The summed E-state index contributed by atoms with van der Waals surface area (Å²) in [5.74, 6) is -1.45. The highest BCUT2D eigenvalue weighted by atomic mass is 16.4. The molecule has 1 unspecified atom stereocenters. The van der Waals surface area contributed by atoms with Crippen molar-refractivity contribution in [1.29, 1.82) is 0 Å². The van der Waals surface area contributed by atoms with Crippen LogP contribution in [0, 0.1) is 0 Å². The van der Waals surface area contributed by atoms with Crippen molar-refractivity contribution in [1.82, 2.24) is 10.2 Å². The van der Waals surface area contributed by atoms with Gasteiger partial charge in [-0.1, -0.05) is 0 Å². The van der Waals surface area contributed by atoms with Crippen LogP contribution < -0.4 is 5.32 Å². The number of furan rings is 1. The predicted octanol–water partition coefficient (Wildman–Crippen LogP) is 1.19. The first-order chi connectivity index (χ1) is 9.06. The van der Waals surface area contributed by atoms with Crippen molar-refractivity contribution in [3.8, 4) is 0 Å². The normalized spacial score (nSPS) is 17.3. The highest BCUT2D eigenvalue weighted by Crippen LogP contribution is 2.10. The summed E-state index contributed by atoms with van der Waals surface area (Å²) < 4.78 is 4.95. The molecule has 0 radical (unpaired) electrons. The Morgan fingerprint density at radius 3 is 2.74 bits per heavy atom. The summed E-state index contributed by atoms with van der Waals surface area (Å²) in [4.78, 5) is 24.8. The fraction of sp³-hybridized carbons (Fsp3) is 0.538. The number of carbonyl (C=O) groups is 2. The highest BCUT2D eigenvalue weighted by Gasteiger charge is 2.19. The van der Waals surface area contributed by atoms with Crippen LogP contribution in [-0.2, 0) is 0 Å². The number of carboxylic acids is 1. The molecular weight excluding hydrogens is 248 g/mol. The number of carboxylic acid groups (broad SMARTS) is 1. The van der Waals surface area contributed by atoms with Gasteiger partial charge < -0.3 is 19.7 Å². The Morgan fingerprint density at radius 2 is 2.16 bits per heavy atom. The molecule has 6 nitrogen and oxygen atoms in total. The fourth-order valence-corrected chi connectivity index (χ4v) is 2.26. The van der Waals surface area contributed by atoms with E-state index in [-0.39, 0.29) is 23.3 Å². The molecule has 2 N–H and O–H groups in total. The van der Waals surface area contributed by atoms with Crippen LogP contribution in [0.15, 0.2) is 16.7 Å². The van der Waals surface area contributed by atoms with Crippen LogP contribution in [0.4, 0.5) is 0 Å². The first-order valence-electron chi connectivity index (χ1n) is 6.41. The summed E-state index contributed by atoms with van der Waals surface area (Å²) in [7, 11) is 0. The molecule has 104 valence electrons. The Bertz CT molecular complexity index is 463. The van der Waals surface area contributed by atoms with E-state index in [2.05, 4.69) is 10.2 Å². The van der Waals surface area contributed by atoms with Crippen molar-refractivity contribution in [2.75, 3.05) is 19.6 Å². The number of aromatic carboxylic acids is 1. The van der Waals surface area contributed by atoms with E-state index < -0.39 is 5.97 Å². The molecule has 1 aliphatic rings. The van der Waals surface area contributed by atoms with Crippen LogP contribution >= 0.6 is 0 Å². The standard InChI is InChI=1S/C13H18N2O4/c1-9(7-15-4-2-3-5-15)14-12(16)11-6-10(8-19-11)13(17)18/h6,8-9H,2-5,7H2,1H3,(H,14,16)(H,17,18). The van der Waals surface area contributed by atoms with E-state index in [1.54, 1.807) is 0 Å². The molecule has 2 heterocycles. The Labute approximate surface area is 111 Å². The number of hydrogen-bond acceptors (Lipinski definition) is 4. The molecule has 1 aliphatic heterocycles. The lowest BCUT2D eigenvalue weighted by Crippen LogP contribution is -2.40. The van der Waals surface area contributed by atoms with Gasteiger partial charge in [0, 0.05) is 18.7 Å². The van der Waals surface area contributed by atoms with E-state index in [9.17, 15) is 9.59 Å². The zero-order chi connectivity index (χ0) is 13.8. The van der Waals surface area contributed by atoms with Gasteiger partial charge in [-0.3, -0.25) is 4.79 Å². The summed E-state index contributed by atoms with van der Waals surface area (Å²) in [6.45, 7) is 4.88. The molecule has 1 aromatic heterocycles. The molecule has 2 rings (SSSR count). The molecule has 0 spiro atoms. The molecule has 19 heavy (non-hydrogen) atoms. The van der Waals surface area contributed by atoms with Crippen molar-refractivity contribution in [3.63, 3.8) is 0 Å². The molecule has 0 aromatic carbocycles. The number of nitrogens with one attached hydrogen (secondary N) is 1. The Morgan fingerprint density at radius 1 is 1.47 bits per heavy atom. The summed E-state index contributed by atoms with van der Waals surface area (Å²) in [5, 5.41) is 11.6. The topological polar surface area (TPSA) is 82.8 Å². The first-order valence-corrected chi connectivity index (χ1v) is 6.41. The molecule has 1 amide bonds. The minimum atomic E-state index is -1.10. The van der Waals surface area contributed by atoms with Gasteiger partial charge in [0.05, 0.1) is 5.56 Å².